The van der Waals surface area contributed by atoms with Crippen LogP contribution in [0.15, 0.2) is 36.7 Å². The molecule has 14 heteroatoms. The quantitative estimate of drug-likeness (QED) is 0.223. The fourth-order valence-corrected chi connectivity index (χ4v) is 9.02. The van der Waals surface area contributed by atoms with E-state index in [0.29, 0.717) is 24.7 Å². The van der Waals surface area contributed by atoms with Crippen molar-refractivity contribution in [1.29, 1.82) is 0 Å². The summed E-state index contributed by atoms with van der Waals surface area (Å²) in [6.07, 6.45) is 10.7. The Hall–Kier alpha value is -2.41. The Bertz CT molecular complexity index is 1560. The van der Waals surface area contributed by atoms with Crippen molar-refractivity contribution in [2.45, 2.75) is 51.6 Å². The molecule has 2 aliphatic rings. The molecule has 0 amide bonds. The van der Waals surface area contributed by atoms with Gasteiger partial charge in [-0.1, -0.05) is 36.8 Å². The highest BCUT2D eigenvalue weighted by molar-refractivity contribution is 7.89. The fourth-order valence-electron chi connectivity index (χ4n) is 5.39. The summed E-state index contributed by atoms with van der Waals surface area (Å²) in [5, 5.41) is 0.673. The number of sulfonamides is 1. The number of hydrogen-bond acceptors (Lipinski definition) is 11. The number of thiazole rings is 1. The Labute approximate surface area is 257 Å². The number of rotatable bonds is 13. The fraction of sp³-hybridized carbons (Fsp3) is 0.552. The molecule has 0 saturated carbocycles. The maximum Gasteiger partial charge on any atom is 0.330 e. The molecular weight excluding hydrogens is 609 g/mol. The van der Waals surface area contributed by atoms with Crippen LogP contribution in [0.25, 0.3) is 15.8 Å². The topological polar surface area (TPSA) is 124 Å². The number of nitrogens with zero attached hydrogens (tertiary/aromatic N) is 5. The molecule has 0 aliphatic carbocycles. The van der Waals surface area contributed by atoms with Gasteiger partial charge in [0.05, 0.1) is 22.1 Å². The van der Waals surface area contributed by atoms with E-state index >= 15 is 0 Å². The summed E-state index contributed by atoms with van der Waals surface area (Å²) in [5.41, 5.74) is 4.25. The number of piperidine rings is 1. The second-order valence-corrected chi connectivity index (χ2v) is 16.3. The van der Waals surface area contributed by atoms with Crippen LogP contribution < -0.4 is 9.64 Å². The van der Waals surface area contributed by atoms with Crippen molar-refractivity contribution in [1.82, 2.24) is 19.3 Å². The smallest absolute Gasteiger partial charge is 0.330 e. The Morgan fingerprint density at radius 3 is 2.49 bits per heavy atom. The third kappa shape index (κ3) is 8.01. The first-order chi connectivity index (χ1) is 20.7. The van der Waals surface area contributed by atoms with Crippen LogP contribution in [-0.2, 0) is 30.1 Å². The minimum Gasteiger partial charge on any atom is -0.467 e. The first kappa shape index (κ1) is 32.0. The largest absolute Gasteiger partial charge is 0.467 e. The Morgan fingerprint density at radius 1 is 1.09 bits per heavy atom. The molecule has 0 unspecified atom stereocenters. The van der Waals surface area contributed by atoms with Crippen molar-refractivity contribution in [2.75, 3.05) is 57.2 Å². The van der Waals surface area contributed by atoms with Gasteiger partial charge in [0.15, 0.2) is 0 Å². The van der Waals surface area contributed by atoms with Gasteiger partial charge in [0.2, 0.25) is 16.0 Å². The lowest BCUT2D eigenvalue weighted by Crippen LogP contribution is -2.39. The summed E-state index contributed by atoms with van der Waals surface area (Å²) in [5.74, 6) is 0.686. The highest BCUT2D eigenvalue weighted by Crippen LogP contribution is 2.46. The molecule has 0 bridgehead atoms. The zero-order valence-corrected chi connectivity index (χ0v) is 27.5. The van der Waals surface area contributed by atoms with Gasteiger partial charge in [-0.25, -0.2) is 23.4 Å². The molecule has 11 nitrogen and oxygen atoms in total. The van der Waals surface area contributed by atoms with Gasteiger partial charge in [0.25, 0.3) is 5.19 Å². The van der Waals surface area contributed by atoms with E-state index in [1.165, 1.54) is 24.1 Å². The lowest BCUT2D eigenvalue weighted by Gasteiger charge is -2.31. The summed E-state index contributed by atoms with van der Waals surface area (Å²) in [6, 6.07) is 6.16. The molecule has 3 aromatic rings. The molecule has 43 heavy (non-hydrogen) atoms. The Morgan fingerprint density at radius 2 is 1.84 bits per heavy atom. The SMILES string of the molecule is CCCc1cnc(N2CCC(Oc3nc4ccc(C5=CCN(S(=O)(=O)CCCP(=O)(OC)OC)CC5)cc4s3)CC2)nc1. The molecule has 234 valence electrons. The van der Waals surface area contributed by atoms with Crippen molar-refractivity contribution in [3.8, 4) is 5.19 Å². The minimum atomic E-state index is -3.47. The average molecular weight is 650 g/mol. The zero-order chi connectivity index (χ0) is 30.5. The van der Waals surface area contributed by atoms with E-state index in [0.717, 1.165) is 66.1 Å². The van der Waals surface area contributed by atoms with Crippen LogP contribution in [0.5, 0.6) is 5.19 Å². The summed E-state index contributed by atoms with van der Waals surface area (Å²) >= 11 is 1.54. The second-order valence-electron chi connectivity index (χ2n) is 10.8. The van der Waals surface area contributed by atoms with Crippen LogP contribution in [0, 0.1) is 0 Å². The van der Waals surface area contributed by atoms with Gasteiger partial charge in [0.1, 0.15) is 6.10 Å². The standard InChI is InChI=1S/C29H40N5O6PS2/c1-4-6-22-20-30-28(31-21-22)33-13-11-25(12-14-33)40-29-32-26-8-7-24(19-27(26)42-29)23-9-15-34(16-10-23)43(36,37)18-5-17-41(35,38-2)39-3/h7-9,19-21,25H,4-6,10-18H2,1-3H3. The van der Waals surface area contributed by atoms with E-state index in [2.05, 4.69) is 27.9 Å². The van der Waals surface area contributed by atoms with E-state index in [1.807, 2.05) is 30.6 Å². The Kier molecular flexibility index (Phi) is 10.5. The molecule has 0 N–H and O–H groups in total. The van der Waals surface area contributed by atoms with Crippen LogP contribution >= 0.6 is 18.9 Å². The molecular formula is C29H40N5O6PS2. The van der Waals surface area contributed by atoms with Crippen molar-refractivity contribution in [3.63, 3.8) is 0 Å². The summed E-state index contributed by atoms with van der Waals surface area (Å²) in [6.45, 7) is 4.55. The molecule has 0 atom stereocenters. The van der Waals surface area contributed by atoms with Gasteiger partial charge in [-0.05, 0) is 48.1 Å². The maximum atomic E-state index is 12.9. The van der Waals surface area contributed by atoms with Crippen LogP contribution in [0.4, 0.5) is 5.95 Å². The molecule has 5 rings (SSSR count). The van der Waals surface area contributed by atoms with E-state index < -0.39 is 17.6 Å². The first-order valence-corrected chi connectivity index (χ1v) is 18.9. The van der Waals surface area contributed by atoms with Gasteiger partial charge in [-0.2, -0.15) is 4.31 Å². The molecule has 1 fully saturated rings. The van der Waals surface area contributed by atoms with Crippen LogP contribution in [-0.4, -0.2) is 86.1 Å². The van der Waals surface area contributed by atoms with Gasteiger partial charge in [-0.3, -0.25) is 4.57 Å². The number of aromatic nitrogens is 3. The van der Waals surface area contributed by atoms with Gasteiger partial charge < -0.3 is 18.7 Å². The number of ether oxygens (including phenoxy) is 1. The number of hydrogen-bond donors (Lipinski definition) is 0. The lowest BCUT2D eigenvalue weighted by atomic mass is 10.0. The summed E-state index contributed by atoms with van der Waals surface area (Å²) < 4.78 is 56.6. The Balaban J connectivity index is 1.14. The van der Waals surface area contributed by atoms with Gasteiger partial charge in [-0.15, -0.1) is 0 Å². The number of aryl methyl sites for hydroxylation is 1. The van der Waals surface area contributed by atoms with Crippen LogP contribution in [0.1, 0.15) is 50.2 Å². The van der Waals surface area contributed by atoms with Crippen LogP contribution in [0.2, 0.25) is 0 Å². The summed E-state index contributed by atoms with van der Waals surface area (Å²) in [4.78, 5) is 16.0. The van der Waals surface area contributed by atoms with E-state index in [-0.39, 0.29) is 24.4 Å². The highest BCUT2D eigenvalue weighted by Gasteiger charge is 2.28. The van der Waals surface area contributed by atoms with Crippen molar-refractivity contribution < 1.29 is 26.8 Å². The number of benzene rings is 1. The maximum absolute atomic E-state index is 12.9. The van der Waals surface area contributed by atoms with Crippen molar-refractivity contribution in [2.24, 2.45) is 0 Å². The van der Waals surface area contributed by atoms with Crippen molar-refractivity contribution >= 4 is 50.7 Å². The normalized spacial score (nSPS) is 17.4. The lowest BCUT2D eigenvalue weighted by molar-refractivity contribution is 0.170. The predicted octanol–water partition coefficient (Wildman–Crippen LogP) is 5.38. The third-order valence-electron chi connectivity index (χ3n) is 7.92. The van der Waals surface area contributed by atoms with E-state index in [4.69, 9.17) is 18.8 Å². The minimum absolute atomic E-state index is 0.0659. The number of fused-ring (bicyclic) bond motifs is 1. The zero-order valence-electron chi connectivity index (χ0n) is 25.0. The van der Waals surface area contributed by atoms with Gasteiger partial charge in [0, 0.05) is 65.6 Å². The molecule has 1 aromatic carbocycles. The molecule has 0 radical (unpaired) electrons. The monoisotopic (exact) mass is 649 g/mol. The van der Waals surface area contributed by atoms with E-state index in [9.17, 15) is 13.0 Å². The number of anilines is 1. The van der Waals surface area contributed by atoms with Crippen molar-refractivity contribution in [3.05, 3.63) is 47.8 Å². The molecule has 4 heterocycles. The van der Waals surface area contributed by atoms with Gasteiger partial charge >= 0.3 is 7.60 Å². The average Bonchev–Trinajstić information content (AvgIpc) is 3.43. The molecule has 2 aromatic heterocycles. The molecule has 2 aliphatic heterocycles. The highest BCUT2D eigenvalue weighted by atomic mass is 32.2. The third-order valence-corrected chi connectivity index (χ3v) is 12.7. The first-order valence-electron chi connectivity index (χ1n) is 14.7. The molecule has 1 saturated heterocycles. The second kappa shape index (κ2) is 14.1. The molecule has 0 spiro atoms. The summed E-state index contributed by atoms with van der Waals surface area (Å²) in [7, 11) is -4.08. The van der Waals surface area contributed by atoms with Crippen LogP contribution in [0.3, 0.4) is 0 Å². The predicted molar refractivity (Wildman–Crippen MR) is 171 cm³/mol. The van der Waals surface area contributed by atoms with E-state index in [1.54, 1.807) is 11.3 Å².